The van der Waals surface area contributed by atoms with Gasteiger partial charge >= 0.3 is 0 Å². The summed E-state index contributed by atoms with van der Waals surface area (Å²) >= 11 is 0. The second-order valence-corrected chi connectivity index (χ2v) is 14.6. The Bertz CT molecular complexity index is 3200. The van der Waals surface area contributed by atoms with Gasteiger partial charge in [0.1, 0.15) is 11.1 Å². The third kappa shape index (κ3) is 5.76. The molecule has 11 aromatic rings. The molecular weight excluding hydrogens is 693 g/mol. The minimum atomic E-state index is 0.901. The number of aromatic nitrogens is 1. The van der Waals surface area contributed by atoms with Crippen LogP contribution in [0.15, 0.2) is 223 Å². The summed E-state index contributed by atoms with van der Waals surface area (Å²) in [5.41, 5.74) is 15.5. The molecule has 0 spiro atoms. The Hall–Kier alpha value is -7.62. The number of fused-ring (bicyclic) bond motifs is 6. The van der Waals surface area contributed by atoms with Crippen molar-refractivity contribution in [2.24, 2.45) is 0 Å². The molecule has 0 amide bonds. The molecule has 0 saturated heterocycles. The highest BCUT2D eigenvalue weighted by atomic mass is 16.3. The topological polar surface area (TPSA) is 21.3 Å². The van der Waals surface area contributed by atoms with Gasteiger partial charge in [0.05, 0.1) is 5.52 Å². The van der Waals surface area contributed by atoms with Gasteiger partial charge < -0.3 is 13.9 Å². The van der Waals surface area contributed by atoms with E-state index in [0.717, 1.165) is 66.8 Å². The number of para-hydroxylation sites is 2. The van der Waals surface area contributed by atoms with Crippen LogP contribution >= 0.6 is 0 Å². The van der Waals surface area contributed by atoms with Gasteiger partial charge in [0.15, 0.2) is 5.58 Å². The molecule has 3 heteroatoms. The summed E-state index contributed by atoms with van der Waals surface area (Å²) in [6.45, 7) is 0. The molecule has 11 rings (SSSR count). The van der Waals surface area contributed by atoms with Crippen LogP contribution in [-0.4, -0.2) is 4.57 Å². The molecule has 0 saturated carbocycles. The highest BCUT2D eigenvalue weighted by molar-refractivity contribution is 6.16. The maximum absolute atomic E-state index is 6.42. The van der Waals surface area contributed by atoms with Crippen molar-refractivity contribution in [3.05, 3.63) is 218 Å². The first-order chi connectivity index (χ1) is 28.2. The Kier molecular flexibility index (Phi) is 7.82. The van der Waals surface area contributed by atoms with E-state index in [1.807, 2.05) is 12.1 Å². The second-order valence-electron chi connectivity index (χ2n) is 14.6. The molecule has 0 aliphatic rings. The molecule has 57 heavy (non-hydrogen) atoms. The Morgan fingerprint density at radius 1 is 0.351 bits per heavy atom. The van der Waals surface area contributed by atoms with E-state index in [1.54, 1.807) is 0 Å². The SMILES string of the molecule is c1ccc(-c2ccc(N(c3ccc(-c4ccc5ccccc5c4)cc3)c3cccc(-c4ccc(-n5c6ccccc6c6oc7ccccc7c65)cc4)c3)cc2)cc1. The molecule has 0 aliphatic heterocycles. The van der Waals surface area contributed by atoms with Crippen molar-refractivity contribution in [3.8, 4) is 39.1 Å². The average Bonchev–Trinajstić information content (AvgIpc) is 3.82. The van der Waals surface area contributed by atoms with Gasteiger partial charge in [-0.1, -0.05) is 140 Å². The van der Waals surface area contributed by atoms with Crippen LogP contribution in [0.5, 0.6) is 0 Å². The number of hydrogen-bond acceptors (Lipinski definition) is 2. The summed E-state index contributed by atoms with van der Waals surface area (Å²) in [6, 6.07) is 78.2. The minimum Gasteiger partial charge on any atom is -0.454 e. The van der Waals surface area contributed by atoms with Gasteiger partial charge in [-0.2, -0.15) is 0 Å². The van der Waals surface area contributed by atoms with E-state index >= 15 is 0 Å². The summed E-state index contributed by atoms with van der Waals surface area (Å²) < 4.78 is 8.75. The average molecular weight is 729 g/mol. The highest BCUT2D eigenvalue weighted by Crippen LogP contribution is 2.41. The molecule has 0 bridgehead atoms. The number of hydrogen-bond donors (Lipinski definition) is 0. The standard InChI is InChI=1S/C54H36N2O/c1-2-11-37(12-3-1)39-23-29-45(30-24-39)55(46-31-25-41(26-32-46)44-22-21-38-13-4-5-14-42(38)35-44)48-16-10-15-43(36-48)40-27-33-47(34-28-40)56-51-19-8-6-17-49(51)54-53(56)50-18-7-9-20-52(50)57-54/h1-36H. The Morgan fingerprint density at radius 2 is 0.895 bits per heavy atom. The zero-order chi connectivity index (χ0) is 37.7. The summed E-state index contributed by atoms with van der Waals surface area (Å²) in [4.78, 5) is 2.35. The monoisotopic (exact) mass is 728 g/mol. The number of furan rings is 1. The molecule has 268 valence electrons. The quantitative estimate of drug-likeness (QED) is 0.163. The van der Waals surface area contributed by atoms with Crippen molar-refractivity contribution < 1.29 is 4.42 Å². The maximum atomic E-state index is 6.42. The normalized spacial score (nSPS) is 11.5. The lowest BCUT2D eigenvalue weighted by molar-refractivity contribution is 0.673. The van der Waals surface area contributed by atoms with E-state index in [0.29, 0.717) is 0 Å². The summed E-state index contributed by atoms with van der Waals surface area (Å²) in [7, 11) is 0. The van der Waals surface area contributed by atoms with Gasteiger partial charge in [-0.15, -0.1) is 0 Å². The molecule has 0 atom stereocenters. The molecule has 0 aliphatic carbocycles. The van der Waals surface area contributed by atoms with Crippen LogP contribution in [0.4, 0.5) is 17.1 Å². The van der Waals surface area contributed by atoms with Crippen molar-refractivity contribution in [1.82, 2.24) is 4.57 Å². The molecule has 2 aromatic heterocycles. The molecule has 3 nitrogen and oxygen atoms in total. The number of rotatable bonds is 7. The van der Waals surface area contributed by atoms with Gasteiger partial charge in [0, 0.05) is 33.5 Å². The second kappa shape index (κ2) is 13.6. The first-order valence-electron chi connectivity index (χ1n) is 19.4. The van der Waals surface area contributed by atoms with Crippen LogP contribution in [0, 0.1) is 0 Å². The van der Waals surface area contributed by atoms with Crippen molar-refractivity contribution in [3.63, 3.8) is 0 Å². The summed E-state index contributed by atoms with van der Waals surface area (Å²) in [5.74, 6) is 0. The van der Waals surface area contributed by atoms with Crippen LogP contribution in [0.1, 0.15) is 0 Å². The van der Waals surface area contributed by atoms with Gasteiger partial charge in [-0.25, -0.2) is 0 Å². The third-order valence-electron chi connectivity index (χ3n) is 11.2. The van der Waals surface area contributed by atoms with Crippen LogP contribution in [0.25, 0.3) is 82.8 Å². The molecule has 0 unspecified atom stereocenters. The van der Waals surface area contributed by atoms with Gasteiger partial charge in [-0.3, -0.25) is 0 Å². The zero-order valence-corrected chi connectivity index (χ0v) is 31.1. The fraction of sp³-hybridized carbons (Fsp3) is 0. The first-order valence-corrected chi connectivity index (χ1v) is 19.4. The number of nitrogens with zero attached hydrogens (tertiary/aromatic N) is 2. The maximum Gasteiger partial charge on any atom is 0.161 e. The molecule has 2 heterocycles. The third-order valence-corrected chi connectivity index (χ3v) is 11.2. The predicted octanol–water partition coefficient (Wildman–Crippen LogP) is 15.2. The molecular formula is C54H36N2O. The van der Waals surface area contributed by atoms with Crippen molar-refractivity contribution in [1.29, 1.82) is 0 Å². The van der Waals surface area contributed by atoms with E-state index in [-0.39, 0.29) is 0 Å². The van der Waals surface area contributed by atoms with Crippen LogP contribution in [-0.2, 0) is 0 Å². The summed E-state index contributed by atoms with van der Waals surface area (Å²) in [6.07, 6.45) is 0. The predicted molar refractivity (Wildman–Crippen MR) is 239 cm³/mol. The van der Waals surface area contributed by atoms with Crippen molar-refractivity contribution >= 4 is 60.8 Å². The largest absolute Gasteiger partial charge is 0.454 e. The van der Waals surface area contributed by atoms with E-state index < -0.39 is 0 Å². The van der Waals surface area contributed by atoms with Crippen LogP contribution in [0.3, 0.4) is 0 Å². The Balaban J connectivity index is 0.978. The smallest absolute Gasteiger partial charge is 0.161 e. The van der Waals surface area contributed by atoms with E-state index in [1.165, 1.54) is 33.0 Å². The fourth-order valence-electron chi connectivity index (χ4n) is 8.37. The van der Waals surface area contributed by atoms with Gasteiger partial charge in [0.25, 0.3) is 0 Å². The molecule has 9 aromatic carbocycles. The Labute approximate surface area is 330 Å². The molecule has 0 radical (unpaired) electrons. The van der Waals surface area contributed by atoms with Crippen molar-refractivity contribution in [2.45, 2.75) is 0 Å². The van der Waals surface area contributed by atoms with Gasteiger partial charge in [-0.05, 0) is 123 Å². The lowest BCUT2D eigenvalue weighted by Crippen LogP contribution is -2.10. The van der Waals surface area contributed by atoms with E-state index in [4.69, 9.17) is 4.42 Å². The fourth-order valence-corrected chi connectivity index (χ4v) is 8.37. The minimum absolute atomic E-state index is 0.901. The first kappa shape index (κ1) is 32.8. The Morgan fingerprint density at radius 3 is 1.65 bits per heavy atom. The zero-order valence-electron chi connectivity index (χ0n) is 31.1. The molecule has 0 N–H and O–H groups in total. The van der Waals surface area contributed by atoms with Gasteiger partial charge in [0.2, 0.25) is 0 Å². The lowest BCUT2D eigenvalue weighted by atomic mass is 10.0. The van der Waals surface area contributed by atoms with Crippen molar-refractivity contribution in [2.75, 3.05) is 4.90 Å². The van der Waals surface area contributed by atoms with E-state index in [9.17, 15) is 0 Å². The molecule has 0 fully saturated rings. The highest BCUT2D eigenvalue weighted by Gasteiger charge is 2.19. The summed E-state index contributed by atoms with van der Waals surface area (Å²) in [5, 5.41) is 4.72. The number of benzene rings is 9. The van der Waals surface area contributed by atoms with Crippen LogP contribution < -0.4 is 4.90 Å². The number of anilines is 3. The lowest BCUT2D eigenvalue weighted by Gasteiger charge is -2.26. The van der Waals surface area contributed by atoms with Crippen LogP contribution in [0.2, 0.25) is 0 Å². The van der Waals surface area contributed by atoms with E-state index in [2.05, 4.69) is 216 Å².